The number of hydrogen-bond acceptors (Lipinski definition) is 2. The standard InChI is InChI=1S/C21H31NO/c1-4-23-18-8-6-5-7-17(18)12-22-21-11-16-9-19(2,14-21)13-20(3,10-16)15-21/h5-8,16,22H,4,9-15H2,1-3H3/t16?,19-,20+,21?. The highest BCUT2D eigenvalue weighted by Crippen LogP contribution is 2.66. The lowest BCUT2D eigenvalue weighted by Gasteiger charge is -2.65. The van der Waals surface area contributed by atoms with E-state index in [0.717, 1.165) is 24.8 Å². The summed E-state index contributed by atoms with van der Waals surface area (Å²) in [5.41, 5.74) is 2.81. The van der Waals surface area contributed by atoms with E-state index < -0.39 is 0 Å². The van der Waals surface area contributed by atoms with Crippen LogP contribution in [0.2, 0.25) is 0 Å². The van der Waals surface area contributed by atoms with E-state index in [2.05, 4.69) is 50.4 Å². The zero-order chi connectivity index (χ0) is 16.1. The van der Waals surface area contributed by atoms with Crippen LogP contribution < -0.4 is 10.1 Å². The van der Waals surface area contributed by atoms with E-state index >= 15 is 0 Å². The van der Waals surface area contributed by atoms with Gasteiger partial charge in [-0.2, -0.15) is 0 Å². The fraction of sp³-hybridized carbons (Fsp3) is 0.714. The summed E-state index contributed by atoms with van der Waals surface area (Å²) < 4.78 is 5.81. The quantitative estimate of drug-likeness (QED) is 0.832. The number of para-hydroxylation sites is 1. The van der Waals surface area contributed by atoms with E-state index in [4.69, 9.17) is 4.74 Å². The molecule has 4 saturated carbocycles. The predicted molar refractivity (Wildman–Crippen MR) is 94.6 cm³/mol. The van der Waals surface area contributed by atoms with Crippen molar-refractivity contribution in [3.63, 3.8) is 0 Å². The molecule has 5 rings (SSSR count). The maximum absolute atomic E-state index is 5.81. The van der Waals surface area contributed by atoms with Crippen LogP contribution in [0.3, 0.4) is 0 Å². The number of ether oxygens (including phenoxy) is 1. The molecule has 0 heterocycles. The Kier molecular flexibility index (Phi) is 3.53. The van der Waals surface area contributed by atoms with Crippen LogP contribution >= 0.6 is 0 Å². The van der Waals surface area contributed by atoms with E-state index in [0.29, 0.717) is 16.4 Å². The van der Waals surface area contributed by atoms with Gasteiger partial charge in [-0.05, 0) is 68.3 Å². The smallest absolute Gasteiger partial charge is 0.123 e. The summed E-state index contributed by atoms with van der Waals surface area (Å²) in [4.78, 5) is 0. The maximum Gasteiger partial charge on any atom is 0.123 e. The van der Waals surface area contributed by atoms with Crippen molar-refractivity contribution >= 4 is 0 Å². The normalized spacial score (nSPS) is 41.3. The molecule has 2 heteroatoms. The zero-order valence-electron chi connectivity index (χ0n) is 15.0. The summed E-state index contributed by atoms with van der Waals surface area (Å²) in [6.45, 7) is 8.82. The summed E-state index contributed by atoms with van der Waals surface area (Å²) in [6, 6.07) is 8.51. The van der Waals surface area contributed by atoms with Crippen molar-refractivity contribution in [1.82, 2.24) is 5.32 Å². The summed E-state index contributed by atoms with van der Waals surface area (Å²) in [7, 11) is 0. The van der Waals surface area contributed by atoms with Crippen molar-refractivity contribution in [2.75, 3.05) is 6.61 Å². The SMILES string of the molecule is CCOc1ccccc1CNC12CC3C[C@@](C)(C1)C[C@](C)(C3)C2. The van der Waals surface area contributed by atoms with E-state index in [1.54, 1.807) is 0 Å². The average molecular weight is 313 g/mol. The molecule has 0 saturated heterocycles. The number of nitrogens with one attached hydrogen (secondary N) is 1. The lowest BCUT2D eigenvalue weighted by molar-refractivity contribution is -0.118. The minimum absolute atomic E-state index is 0.363. The first-order valence-corrected chi connectivity index (χ1v) is 9.39. The van der Waals surface area contributed by atoms with Gasteiger partial charge < -0.3 is 10.1 Å². The van der Waals surface area contributed by atoms with Crippen LogP contribution in [-0.4, -0.2) is 12.1 Å². The van der Waals surface area contributed by atoms with Crippen LogP contribution in [0.1, 0.15) is 64.9 Å². The molecule has 0 amide bonds. The van der Waals surface area contributed by atoms with Gasteiger partial charge in [0, 0.05) is 17.6 Å². The molecular formula is C21H31NO. The first-order chi connectivity index (χ1) is 10.9. The van der Waals surface area contributed by atoms with Gasteiger partial charge in [-0.1, -0.05) is 32.0 Å². The number of benzene rings is 1. The second-order valence-corrected chi connectivity index (χ2v) is 9.30. The van der Waals surface area contributed by atoms with Gasteiger partial charge in [0.2, 0.25) is 0 Å². The lowest BCUT2D eigenvalue weighted by Crippen LogP contribution is -2.63. The molecular weight excluding hydrogens is 282 g/mol. The third-order valence-corrected chi connectivity index (χ3v) is 6.55. The van der Waals surface area contributed by atoms with E-state index in [1.165, 1.54) is 44.1 Å². The second-order valence-electron chi connectivity index (χ2n) is 9.30. The molecule has 4 aliphatic rings. The van der Waals surface area contributed by atoms with E-state index in [-0.39, 0.29) is 0 Å². The topological polar surface area (TPSA) is 21.3 Å². The Morgan fingerprint density at radius 3 is 2.39 bits per heavy atom. The summed E-state index contributed by atoms with van der Waals surface area (Å²) in [5, 5.41) is 4.01. The largest absolute Gasteiger partial charge is 0.494 e. The van der Waals surface area contributed by atoms with Crippen LogP contribution in [0.5, 0.6) is 5.75 Å². The number of hydrogen-bond donors (Lipinski definition) is 1. The van der Waals surface area contributed by atoms with Crippen molar-refractivity contribution in [3.05, 3.63) is 29.8 Å². The molecule has 0 aliphatic heterocycles. The van der Waals surface area contributed by atoms with E-state index in [9.17, 15) is 0 Å². The molecule has 4 atom stereocenters. The summed E-state index contributed by atoms with van der Waals surface area (Å²) in [6.07, 6.45) is 8.47. The van der Waals surface area contributed by atoms with Crippen LogP contribution in [0.25, 0.3) is 0 Å². The average Bonchev–Trinajstić information content (AvgIpc) is 2.43. The Morgan fingerprint density at radius 2 is 1.74 bits per heavy atom. The van der Waals surface area contributed by atoms with Gasteiger partial charge in [0.1, 0.15) is 5.75 Å². The van der Waals surface area contributed by atoms with Crippen LogP contribution in [0.4, 0.5) is 0 Å². The molecule has 126 valence electrons. The Bertz CT molecular complexity index is 577. The van der Waals surface area contributed by atoms with Crippen LogP contribution in [0, 0.1) is 16.7 Å². The third kappa shape index (κ3) is 2.80. The Hall–Kier alpha value is -1.02. The molecule has 0 spiro atoms. The highest BCUT2D eigenvalue weighted by molar-refractivity contribution is 5.33. The van der Waals surface area contributed by atoms with Gasteiger partial charge in [0.15, 0.2) is 0 Å². The molecule has 1 N–H and O–H groups in total. The maximum atomic E-state index is 5.81. The van der Waals surface area contributed by atoms with Gasteiger partial charge in [0.25, 0.3) is 0 Å². The predicted octanol–water partition coefficient (Wildman–Crippen LogP) is 4.92. The summed E-state index contributed by atoms with van der Waals surface area (Å²) >= 11 is 0. The van der Waals surface area contributed by atoms with Crippen molar-refractivity contribution in [3.8, 4) is 5.75 Å². The first kappa shape index (κ1) is 15.5. The monoisotopic (exact) mass is 313 g/mol. The molecule has 4 fully saturated rings. The molecule has 23 heavy (non-hydrogen) atoms. The third-order valence-electron chi connectivity index (χ3n) is 6.55. The Morgan fingerprint density at radius 1 is 1.04 bits per heavy atom. The van der Waals surface area contributed by atoms with Crippen molar-refractivity contribution < 1.29 is 4.74 Å². The van der Waals surface area contributed by atoms with Crippen LogP contribution in [-0.2, 0) is 6.54 Å². The number of rotatable bonds is 5. The molecule has 2 nitrogen and oxygen atoms in total. The highest BCUT2D eigenvalue weighted by Gasteiger charge is 2.59. The Balaban J connectivity index is 1.53. The summed E-state index contributed by atoms with van der Waals surface area (Å²) in [5.74, 6) is 1.99. The zero-order valence-corrected chi connectivity index (χ0v) is 15.0. The molecule has 2 unspecified atom stereocenters. The van der Waals surface area contributed by atoms with Crippen molar-refractivity contribution in [2.24, 2.45) is 16.7 Å². The highest BCUT2D eigenvalue weighted by atomic mass is 16.5. The van der Waals surface area contributed by atoms with Crippen molar-refractivity contribution in [1.29, 1.82) is 0 Å². The van der Waals surface area contributed by atoms with Gasteiger partial charge in [-0.25, -0.2) is 0 Å². The van der Waals surface area contributed by atoms with Gasteiger partial charge in [0.05, 0.1) is 6.61 Å². The van der Waals surface area contributed by atoms with Gasteiger partial charge in [-0.3, -0.25) is 0 Å². The molecule has 0 aromatic heterocycles. The fourth-order valence-corrected chi connectivity index (χ4v) is 6.87. The second kappa shape index (κ2) is 5.24. The van der Waals surface area contributed by atoms with Crippen LogP contribution in [0.15, 0.2) is 24.3 Å². The van der Waals surface area contributed by atoms with Crippen molar-refractivity contribution in [2.45, 2.75) is 71.4 Å². The lowest BCUT2D eigenvalue weighted by atomic mass is 9.43. The van der Waals surface area contributed by atoms with E-state index in [1.807, 2.05) is 0 Å². The molecule has 1 aromatic carbocycles. The Labute approximate surface area is 141 Å². The molecule has 4 bridgehead atoms. The molecule has 0 radical (unpaired) electrons. The van der Waals surface area contributed by atoms with Gasteiger partial charge in [-0.15, -0.1) is 0 Å². The fourth-order valence-electron chi connectivity index (χ4n) is 6.87. The minimum Gasteiger partial charge on any atom is -0.494 e. The minimum atomic E-state index is 0.363. The molecule has 1 aromatic rings. The first-order valence-electron chi connectivity index (χ1n) is 9.39. The molecule has 4 aliphatic carbocycles. The van der Waals surface area contributed by atoms with Gasteiger partial charge >= 0.3 is 0 Å².